The molecule has 0 saturated carbocycles. The number of hydrogen-bond donors (Lipinski definition) is 2. The zero-order valence-corrected chi connectivity index (χ0v) is 11.6. The Labute approximate surface area is 114 Å². The Morgan fingerprint density at radius 3 is 2.79 bits per heavy atom. The standard InChI is InChI=1S/C14H22N4O/c1-3-14(2)5-8-18(9-6-14)13(19)12-10-11(17-15)4-7-16-12/h4,7,10H,3,5-6,8-9,15H2,1-2H3,(H,16,17). The van der Waals surface area contributed by atoms with Crippen LogP contribution >= 0.6 is 0 Å². The monoisotopic (exact) mass is 262 g/mol. The summed E-state index contributed by atoms with van der Waals surface area (Å²) in [5.74, 6) is 5.34. The lowest BCUT2D eigenvalue weighted by molar-refractivity contribution is 0.0594. The van der Waals surface area contributed by atoms with Crippen molar-refractivity contribution in [3.63, 3.8) is 0 Å². The van der Waals surface area contributed by atoms with Crippen LogP contribution in [0.1, 0.15) is 43.6 Å². The van der Waals surface area contributed by atoms with Crippen LogP contribution in [-0.2, 0) is 0 Å². The van der Waals surface area contributed by atoms with Crippen molar-refractivity contribution in [3.8, 4) is 0 Å². The zero-order valence-electron chi connectivity index (χ0n) is 11.6. The molecule has 1 aliphatic rings. The molecule has 1 aliphatic heterocycles. The summed E-state index contributed by atoms with van der Waals surface area (Å²) in [5, 5.41) is 0. The molecule has 104 valence electrons. The Morgan fingerprint density at radius 2 is 2.21 bits per heavy atom. The Bertz CT molecular complexity index is 453. The molecule has 0 bridgehead atoms. The molecule has 1 saturated heterocycles. The number of anilines is 1. The normalized spacial score (nSPS) is 18.2. The average molecular weight is 262 g/mol. The van der Waals surface area contributed by atoms with Crippen LogP contribution in [0.25, 0.3) is 0 Å². The highest BCUT2D eigenvalue weighted by atomic mass is 16.2. The van der Waals surface area contributed by atoms with Crippen molar-refractivity contribution < 1.29 is 4.79 Å². The van der Waals surface area contributed by atoms with Gasteiger partial charge in [0.05, 0.1) is 5.69 Å². The topological polar surface area (TPSA) is 71.2 Å². The lowest BCUT2D eigenvalue weighted by Gasteiger charge is -2.38. The van der Waals surface area contributed by atoms with E-state index >= 15 is 0 Å². The van der Waals surface area contributed by atoms with Gasteiger partial charge in [-0.3, -0.25) is 15.6 Å². The van der Waals surface area contributed by atoms with Crippen molar-refractivity contribution in [1.82, 2.24) is 9.88 Å². The predicted octanol–water partition coefficient (Wildman–Crippen LogP) is 2.02. The minimum absolute atomic E-state index is 0.00440. The van der Waals surface area contributed by atoms with E-state index in [0.717, 1.165) is 25.9 Å². The van der Waals surface area contributed by atoms with Gasteiger partial charge in [-0.05, 0) is 30.4 Å². The van der Waals surface area contributed by atoms with Crippen LogP contribution in [0, 0.1) is 5.41 Å². The van der Waals surface area contributed by atoms with E-state index in [1.165, 1.54) is 6.42 Å². The Morgan fingerprint density at radius 1 is 1.53 bits per heavy atom. The van der Waals surface area contributed by atoms with Gasteiger partial charge >= 0.3 is 0 Å². The smallest absolute Gasteiger partial charge is 0.272 e. The van der Waals surface area contributed by atoms with Crippen molar-refractivity contribution in [2.45, 2.75) is 33.1 Å². The second-order valence-electron chi connectivity index (χ2n) is 5.53. The van der Waals surface area contributed by atoms with Gasteiger partial charge in [0, 0.05) is 19.3 Å². The second-order valence-corrected chi connectivity index (χ2v) is 5.53. The Hall–Kier alpha value is -1.62. The van der Waals surface area contributed by atoms with Gasteiger partial charge < -0.3 is 10.3 Å². The summed E-state index contributed by atoms with van der Waals surface area (Å²) in [6.45, 7) is 6.14. The quantitative estimate of drug-likeness (QED) is 0.646. The molecule has 0 aliphatic carbocycles. The molecule has 2 heterocycles. The number of piperidine rings is 1. The average Bonchev–Trinajstić information content (AvgIpc) is 2.47. The van der Waals surface area contributed by atoms with Gasteiger partial charge in [0.15, 0.2) is 0 Å². The third-order valence-electron chi connectivity index (χ3n) is 4.26. The van der Waals surface area contributed by atoms with E-state index < -0.39 is 0 Å². The molecule has 3 N–H and O–H groups in total. The molecule has 0 unspecified atom stereocenters. The molecule has 2 rings (SSSR count). The van der Waals surface area contributed by atoms with Crippen molar-refractivity contribution in [2.24, 2.45) is 11.3 Å². The molecule has 0 radical (unpaired) electrons. The summed E-state index contributed by atoms with van der Waals surface area (Å²) < 4.78 is 0. The lowest BCUT2D eigenvalue weighted by atomic mass is 9.78. The summed E-state index contributed by atoms with van der Waals surface area (Å²) >= 11 is 0. The number of nitrogen functional groups attached to an aromatic ring is 1. The number of aromatic nitrogens is 1. The number of hydrogen-bond acceptors (Lipinski definition) is 4. The van der Waals surface area contributed by atoms with Crippen LogP contribution in [0.15, 0.2) is 18.3 Å². The van der Waals surface area contributed by atoms with Crippen LogP contribution in [-0.4, -0.2) is 28.9 Å². The van der Waals surface area contributed by atoms with E-state index in [2.05, 4.69) is 24.3 Å². The first kappa shape index (κ1) is 13.8. The first-order chi connectivity index (χ1) is 9.08. The zero-order chi connectivity index (χ0) is 13.9. The molecule has 1 amide bonds. The van der Waals surface area contributed by atoms with Crippen LogP contribution in [0.3, 0.4) is 0 Å². The van der Waals surface area contributed by atoms with Crippen molar-refractivity contribution >= 4 is 11.6 Å². The SMILES string of the molecule is CCC1(C)CCN(C(=O)c2cc(NN)ccn2)CC1. The third kappa shape index (κ3) is 3.04. The first-order valence-electron chi connectivity index (χ1n) is 6.80. The number of amides is 1. The number of nitrogens with two attached hydrogens (primary N) is 1. The van der Waals surface area contributed by atoms with Gasteiger partial charge in [0.1, 0.15) is 5.69 Å². The largest absolute Gasteiger partial charge is 0.337 e. The number of likely N-dealkylation sites (tertiary alicyclic amines) is 1. The van der Waals surface area contributed by atoms with E-state index in [4.69, 9.17) is 5.84 Å². The van der Waals surface area contributed by atoms with Crippen LogP contribution in [0.4, 0.5) is 5.69 Å². The van der Waals surface area contributed by atoms with Crippen molar-refractivity contribution in [2.75, 3.05) is 18.5 Å². The lowest BCUT2D eigenvalue weighted by Crippen LogP contribution is -2.42. The highest BCUT2D eigenvalue weighted by molar-refractivity contribution is 5.93. The molecule has 1 aromatic heterocycles. The minimum Gasteiger partial charge on any atom is -0.337 e. The summed E-state index contributed by atoms with van der Waals surface area (Å²) in [5.41, 5.74) is 4.07. The number of nitrogens with one attached hydrogen (secondary N) is 1. The van der Waals surface area contributed by atoms with E-state index in [1.54, 1.807) is 18.3 Å². The fourth-order valence-electron chi connectivity index (χ4n) is 2.40. The van der Waals surface area contributed by atoms with Gasteiger partial charge in [-0.2, -0.15) is 0 Å². The highest BCUT2D eigenvalue weighted by Crippen LogP contribution is 2.34. The molecule has 1 aromatic rings. The number of hydrazine groups is 1. The molecular formula is C14H22N4O. The minimum atomic E-state index is -0.00440. The van der Waals surface area contributed by atoms with Crippen molar-refractivity contribution in [1.29, 1.82) is 0 Å². The van der Waals surface area contributed by atoms with E-state index in [1.807, 2.05) is 4.90 Å². The fourth-order valence-corrected chi connectivity index (χ4v) is 2.40. The fraction of sp³-hybridized carbons (Fsp3) is 0.571. The van der Waals surface area contributed by atoms with Gasteiger partial charge in [0.25, 0.3) is 5.91 Å². The third-order valence-corrected chi connectivity index (χ3v) is 4.26. The predicted molar refractivity (Wildman–Crippen MR) is 75.6 cm³/mol. The summed E-state index contributed by atoms with van der Waals surface area (Å²) in [4.78, 5) is 18.4. The Balaban J connectivity index is 2.05. The maximum absolute atomic E-state index is 12.4. The summed E-state index contributed by atoms with van der Waals surface area (Å²) in [6, 6.07) is 3.43. The molecule has 1 fully saturated rings. The second kappa shape index (κ2) is 5.57. The molecule has 0 atom stereocenters. The number of rotatable bonds is 3. The van der Waals surface area contributed by atoms with E-state index in [-0.39, 0.29) is 5.91 Å². The molecule has 19 heavy (non-hydrogen) atoms. The maximum atomic E-state index is 12.4. The molecule has 5 heteroatoms. The van der Waals surface area contributed by atoms with Gasteiger partial charge in [-0.25, -0.2) is 0 Å². The molecule has 0 spiro atoms. The summed E-state index contributed by atoms with van der Waals surface area (Å²) in [6.07, 6.45) is 4.89. The molecule has 5 nitrogen and oxygen atoms in total. The summed E-state index contributed by atoms with van der Waals surface area (Å²) in [7, 11) is 0. The van der Waals surface area contributed by atoms with Crippen molar-refractivity contribution in [3.05, 3.63) is 24.0 Å². The van der Waals surface area contributed by atoms with Crippen LogP contribution in [0.2, 0.25) is 0 Å². The number of pyridine rings is 1. The number of carbonyl (C=O) groups is 1. The van der Waals surface area contributed by atoms with Crippen LogP contribution in [0.5, 0.6) is 0 Å². The highest BCUT2D eigenvalue weighted by Gasteiger charge is 2.30. The van der Waals surface area contributed by atoms with Gasteiger partial charge in [-0.1, -0.05) is 20.3 Å². The number of carbonyl (C=O) groups excluding carboxylic acids is 1. The van der Waals surface area contributed by atoms with E-state index in [9.17, 15) is 4.79 Å². The maximum Gasteiger partial charge on any atom is 0.272 e. The Kier molecular flexibility index (Phi) is 4.04. The van der Waals surface area contributed by atoms with E-state index in [0.29, 0.717) is 16.8 Å². The number of nitrogens with zero attached hydrogens (tertiary/aromatic N) is 2. The first-order valence-corrected chi connectivity index (χ1v) is 6.80. The molecule has 0 aromatic carbocycles. The van der Waals surface area contributed by atoms with Gasteiger partial charge in [0.2, 0.25) is 0 Å². The molecular weight excluding hydrogens is 240 g/mol. The van der Waals surface area contributed by atoms with Gasteiger partial charge in [-0.15, -0.1) is 0 Å². The van der Waals surface area contributed by atoms with Crippen LogP contribution < -0.4 is 11.3 Å².